The Morgan fingerprint density at radius 3 is 2.60 bits per heavy atom. The third kappa shape index (κ3) is 1.08. The molecule has 1 heterocycles. The number of hydrogen-bond acceptors (Lipinski definition) is 4. The van der Waals surface area contributed by atoms with Gasteiger partial charge in [0, 0.05) is 5.56 Å². The minimum atomic E-state index is -0.420. The van der Waals surface area contributed by atoms with E-state index in [1.54, 1.807) is 13.0 Å². The van der Waals surface area contributed by atoms with Gasteiger partial charge in [-0.05, 0) is 24.3 Å². The number of aryl methyl sites for hydroxylation is 1. The summed E-state index contributed by atoms with van der Waals surface area (Å²) in [4.78, 5) is 9.78. The zero-order chi connectivity index (χ0) is 7.72. The van der Waals surface area contributed by atoms with Crippen molar-refractivity contribution in [2.75, 3.05) is 5.73 Å². The number of nitro groups is 1. The van der Waals surface area contributed by atoms with E-state index in [-0.39, 0.29) is 5.00 Å². The minimum absolute atomic E-state index is 0.137. The number of hydrogen-bond donors (Lipinski definition) is 1. The van der Waals surface area contributed by atoms with E-state index < -0.39 is 4.92 Å². The van der Waals surface area contributed by atoms with Crippen molar-refractivity contribution in [3.8, 4) is 0 Å². The maximum absolute atomic E-state index is 10.2. The zero-order valence-electron chi connectivity index (χ0n) is 5.33. The Morgan fingerprint density at radius 2 is 2.40 bits per heavy atom. The Kier molecular flexibility index (Phi) is 1.58. The van der Waals surface area contributed by atoms with E-state index in [9.17, 15) is 10.1 Å². The SMILES string of the molecule is Cc1cc(N)sc1[N+](=O)[O-]. The van der Waals surface area contributed by atoms with E-state index in [0.717, 1.165) is 11.3 Å². The molecule has 0 aliphatic carbocycles. The predicted octanol–water partition coefficient (Wildman–Crippen LogP) is 1.55. The van der Waals surface area contributed by atoms with Crippen LogP contribution in [-0.2, 0) is 0 Å². The summed E-state index contributed by atoms with van der Waals surface area (Å²) >= 11 is 1.00. The summed E-state index contributed by atoms with van der Waals surface area (Å²) in [5.74, 6) is 0. The maximum Gasteiger partial charge on any atom is 0.328 e. The quantitative estimate of drug-likeness (QED) is 0.498. The van der Waals surface area contributed by atoms with Crippen LogP contribution in [0.3, 0.4) is 0 Å². The topological polar surface area (TPSA) is 69.2 Å². The van der Waals surface area contributed by atoms with Crippen molar-refractivity contribution in [2.45, 2.75) is 6.92 Å². The molecule has 0 saturated carbocycles. The van der Waals surface area contributed by atoms with Gasteiger partial charge in [-0.3, -0.25) is 10.1 Å². The van der Waals surface area contributed by atoms with E-state index in [0.29, 0.717) is 10.6 Å². The van der Waals surface area contributed by atoms with Crippen LogP contribution in [0.5, 0.6) is 0 Å². The lowest BCUT2D eigenvalue weighted by Gasteiger charge is -1.82. The van der Waals surface area contributed by atoms with Crippen LogP contribution >= 0.6 is 11.3 Å². The highest BCUT2D eigenvalue weighted by Gasteiger charge is 2.13. The van der Waals surface area contributed by atoms with Gasteiger partial charge in [0.15, 0.2) is 0 Å². The second-order valence-electron chi connectivity index (χ2n) is 1.89. The van der Waals surface area contributed by atoms with Gasteiger partial charge >= 0.3 is 5.00 Å². The first-order chi connectivity index (χ1) is 4.61. The second-order valence-corrected chi connectivity index (χ2v) is 2.96. The number of thiophene rings is 1. The highest BCUT2D eigenvalue weighted by Crippen LogP contribution is 2.30. The van der Waals surface area contributed by atoms with Crippen molar-refractivity contribution in [1.82, 2.24) is 0 Å². The lowest BCUT2D eigenvalue weighted by Crippen LogP contribution is -1.84. The van der Waals surface area contributed by atoms with Gasteiger partial charge in [0.2, 0.25) is 0 Å². The van der Waals surface area contributed by atoms with Crippen molar-refractivity contribution in [3.05, 3.63) is 21.7 Å². The number of nitrogens with two attached hydrogens (primary N) is 1. The lowest BCUT2D eigenvalue weighted by molar-refractivity contribution is -0.380. The van der Waals surface area contributed by atoms with Crippen LogP contribution in [0, 0.1) is 17.0 Å². The molecule has 10 heavy (non-hydrogen) atoms. The summed E-state index contributed by atoms with van der Waals surface area (Å²) in [6.45, 7) is 1.67. The summed E-state index contributed by atoms with van der Waals surface area (Å²) in [6, 6.07) is 1.60. The smallest absolute Gasteiger partial charge is 0.328 e. The molecule has 1 aromatic heterocycles. The van der Waals surface area contributed by atoms with Gasteiger partial charge < -0.3 is 5.73 Å². The molecule has 54 valence electrons. The van der Waals surface area contributed by atoms with E-state index in [4.69, 9.17) is 5.73 Å². The molecule has 0 spiro atoms. The van der Waals surface area contributed by atoms with Crippen molar-refractivity contribution in [1.29, 1.82) is 0 Å². The molecule has 4 nitrogen and oxygen atoms in total. The normalized spacial score (nSPS) is 9.70. The predicted molar refractivity (Wildman–Crippen MR) is 40.1 cm³/mol. The first kappa shape index (κ1) is 7.01. The molecule has 2 N–H and O–H groups in total. The molecule has 0 fully saturated rings. The molecule has 0 aliphatic rings. The van der Waals surface area contributed by atoms with Crippen molar-refractivity contribution < 1.29 is 4.92 Å². The zero-order valence-corrected chi connectivity index (χ0v) is 6.14. The molecular weight excluding hydrogens is 152 g/mol. The molecule has 0 bridgehead atoms. The van der Waals surface area contributed by atoms with Gasteiger partial charge in [0.1, 0.15) is 0 Å². The molecule has 0 amide bonds. The Labute approximate surface area is 61.4 Å². The van der Waals surface area contributed by atoms with Crippen LogP contribution in [0.1, 0.15) is 5.56 Å². The Bertz CT molecular complexity index is 269. The van der Waals surface area contributed by atoms with Crippen LogP contribution in [-0.4, -0.2) is 4.92 Å². The third-order valence-electron chi connectivity index (χ3n) is 1.08. The number of nitrogens with zero attached hydrogens (tertiary/aromatic N) is 1. The van der Waals surface area contributed by atoms with Crippen molar-refractivity contribution in [2.24, 2.45) is 0 Å². The first-order valence-electron chi connectivity index (χ1n) is 2.61. The van der Waals surface area contributed by atoms with Gasteiger partial charge in [-0.25, -0.2) is 0 Å². The molecule has 0 aromatic carbocycles. The fourth-order valence-corrected chi connectivity index (χ4v) is 1.43. The molecule has 0 saturated heterocycles. The summed E-state index contributed by atoms with van der Waals surface area (Å²) in [6.07, 6.45) is 0. The Balaban J connectivity index is 3.15. The van der Waals surface area contributed by atoms with Crippen LogP contribution in [0.2, 0.25) is 0 Å². The van der Waals surface area contributed by atoms with Crippen LogP contribution < -0.4 is 5.73 Å². The highest BCUT2D eigenvalue weighted by atomic mass is 32.1. The van der Waals surface area contributed by atoms with Crippen molar-refractivity contribution >= 4 is 21.3 Å². The van der Waals surface area contributed by atoms with Gasteiger partial charge in [0.05, 0.1) is 9.92 Å². The summed E-state index contributed by atoms with van der Waals surface area (Å²) < 4.78 is 0. The minimum Gasteiger partial charge on any atom is -0.390 e. The van der Waals surface area contributed by atoms with E-state index in [1.807, 2.05) is 0 Å². The Hall–Kier alpha value is -1.10. The summed E-state index contributed by atoms with van der Waals surface area (Å²) in [7, 11) is 0. The number of nitrogen functional groups attached to an aromatic ring is 1. The maximum atomic E-state index is 10.2. The molecule has 0 unspecified atom stereocenters. The summed E-state index contributed by atoms with van der Waals surface area (Å²) in [5.41, 5.74) is 5.96. The first-order valence-corrected chi connectivity index (χ1v) is 3.43. The van der Waals surface area contributed by atoms with Crippen LogP contribution in [0.4, 0.5) is 10.0 Å². The molecule has 0 aliphatic heterocycles. The largest absolute Gasteiger partial charge is 0.390 e. The lowest BCUT2D eigenvalue weighted by atomic mass is 10.4. The average molecular weight is 158 g/mol. The molecule has 0 atom stereocenters. The number of rotatable bonds is 1. The Morgan fingerprint density at radius 1 is 1.80 bits per heavy atom. The molecule has 0 radical (unpaired) electrons. The van der Waals surface area contributed by atoms with Gasteiger partial charge in [-0.15, -0.1) is 0 Å². The molecule has 5 heteroatoms. The monoisotopic (exact) mass is 158 g/mol. The highest BCUT2D eigenvalue weighted by molar-refractivity contribution is 7.19. The van der Waals surface area contributed by atoms with Gasteiger partial charge in [-0.1, -0.05) is 0 Å². The van der Waals surface area contributed by atoms with Gasteiger partial charge in [-0.2, -0.15) is 0 Å². The average Bonchev–Trinajstić information content (AvgIpc) is 2.10. The van der Waals surface area contributed by atoms with E-state index >= 15 is 0 Å². The van der Waals surface area contributed by atoms with E-state index in [2.05, 4.69) is 0 Å². The molecule has 1 rings (SSSR count). The molecular formula is C5H6N2O2S. The standard InChI is InChI=1S/C5H6N2O2S/c1-3-2-4(6)10-5(3)7(8)9/h2H,6H2,1H3. The number of anilines is 1. The fraction of sp³-hybridized carbons (Fsp3) is 0.200. The van der Waals surface area contributed by atoms with Gasteiger partial charge in [0.25, 0.3) is 0 Å². The van der Waals surface area contributed by atoms with E-state index in [1.165, 1.54) is 0 Å². The second kappa shape index (κ2) is 2.26. The van der Waals surface area contributed by atoms with Crippen LogP contribution in [0.15, 0.2) is 6.07 Å². The van der Waals surface area contributed by atoms with Crippen LogP contribution in [0.25, 0.3) is 0 Å². The third-order valence-corrected chi connectivity index (χ3v) is 2.09. The molecule has 1 aromatic rings. The van der Waals surface area contributed by atoms with Crippen molar-refractivity contribution in [3.63, 3.8) is 0 Å². The summed E-state index contributed by atoms with van der Waals surface area (Å²) in [5, 5.41) is 10.8. The fourth-order valence-electron chi connectivity index (χ4n) is 0.678.